The maximum absolute atomic E-state index is 11.6. The minimum atomic E-state index is -0.357. The van der Waals surface area contributed by atoms with Crippen molar-refractivity contribution in [3.8, 4) is 0 Å². The van der Waals surface area contributed by atoms with E-state index in [4.69, 9.17) is 0 Å². The molecule has 2 heterocycles. The lowest BCUT2D eigenvalue weighted by atomic mass is 9.59. The average molecular weight is 307 g/mol. The Morgan fingerprint density at radius 3 is 2.70 bits per heavy atom. The van der Waals surface area contributed by atoms with E-state index in [9.17, 15) is 5.11 Å². The second kappa shape index (κ2) is 3.70. The van der Waals surface area contributed by atoms with Gasteiger partial charge in [0.25, 0.3) is 0 Å². The fraction of sp³-hybridized carbons (Fsp3) is 0.714. The number of nitrogens with zero attached hydrogens (tertiary/aromatic N) is 1. The van der Waals surface area contributed by atoms with Crippen LogP contribution in [0, 0.1) is 47.3 Å². The number of hydrogen-bond donors (Lipinski definition) is 1. The van der Waals surface area contributed by atoms with Crippen molar-refractivity contribution in [1.82, 2.24) is 4.90 Å². The van der Waals surface area contributed by atoms with Crippen LogP contribution in [-0.4, -0.2) is 28.3 Å². The van der Waals surface area contributed by atoms with E-state index >= 15 is 0 Å². The lowest BCUT2D eigenvalue weighted by Crippen LogP contribution is -2.51. The lowest BCUT2D eigenvalue weighted by molar-refractivity contribution is -0.131. The molecule has 5 saturated carbocycles. The van der Waals surface area contributed by atoms with Gasteiger partial charge in [-0.3, -0.25) is 4.90 Å². The summed E-state index contributed by atoms with van der Waals surface area (Å²) in [6.45, 7) is 1.15. The molecule has 1 N–H and O–H groups in total. The molecule has 1 aromatic rings. The number of rotatable bonds is 5. The van der Waals surface area contributed by atoms with Crippen molar-refractivity contribution in [2.24, 2.45) is 47.3 Å². The zero-order valence-corrected chi connectivity index (χ0v) is 13.5. The van der Waals surface area contributed by atoms with Gasteiger partial charge in [0.2, 0.25) is 0 Å². The van der Waals surface area contributed by atoms with Crippen molar-refractivity contribution in [3.63, 3.8) is 0 Å². The zero-order chi connectivity index (χ0) is 14.9. The Kier molecular flexibility index (Phi) is 2.01. The van der Waals surface area contributed by atoms with E-state index in [1.165, 1.54) is 31.2 Å². The molecular weight excluding hydrogens is 282 g/mol. The smallest absolute Gasteiger partial charge is 0.125 e. The van der Waals surface area contributed by atoms with Crippen molar-refractivity contribution >= 4 is 0 Å². The molecule has 4 bridgehead atoms. The Hall–Kier alpha value is -0.860. The summed E-state index contributed by atoms with van der Waals surface area (Å²) in [5, 5.41) is 11.6. The third-order valence-electron chi connectivity index (χ3n) is 9.17. The zero-order valence-electron chi connectivity index (χ0n) is 13.5. The van der Waals surface area contributed by atoms with E-state index in [0.29, 0.717) is 11.8 Å². The molecule has 2 nitrogen and oxygen atoms in total. The van der Waals surface area contributed by atoms with Gasteiger partial charge in [-0.25, -0.2) is 0 Å². The molecule has 0 aromatic heterocycles. The molecule has 8 rings (SSSR count). The summed E-state index contributed by atoms with van der Waals surface area (Å²) in [6.07, 6.45) is 5.18. The minimum absolute atomic E-state index is 0.357. The van der Waals surface area contributed by atoms with Crippen LogP contribution in [0.15, 0.2) is 30.3 Å². The highest BCUT2D eigenvalue weighted by Crippen LogP contribution is 2.90. The van der Waals surface area contributed by atoms with Gasteiger partial charge in [-0.15, -0.1) is 0 Å². The Labute approximate surface area is 137 Å². The molecule has 2 heteroatoms. The normalized spacial score (nSPS) is 58.7. The van der Waals surface area contributed by atoms with Gasteiger partial charge in [-0.05, 0) is 66.8 Å². The summed E-state index contributed by atoms with van der Waals surface area (Å²) in [6, 6.07) is 11.6. The number of hydrogen-bond acceptors (Lipinski definition) is 2. The van der Waals surface area contributed by atoms with Crippen LogP contribution in [0.1, 0.15) is 24.8 Å². The maximum Gasteiger partial charge on any atom is 0.125 e. The standard InChI is InChI=1S/C21H25NO/c23-21-18-13-10-12-14-15(13)19(21)17(14)20(16(12)18)22(21)9-5-4-8-11-6-2-1-3-7-11/h1-3,6-7,12-20,23H,4-5,8-10H2/t12-,13+,14-,15+,16+,17-,18-,19+,20-,21+/m0/s1. The van der Waals surface area contributed by atoms with Gasteiger partial charge in [0.05, 0.1) is 0 Å². The summed E-state index contributed by atoms with van der Waals surface area (Å²) >= 11 is 0. The van der Waals surface area contributed by atoms with Crippen LogP contribution in [0.4, 0.5) is 0 Å². The number of benzene rings is 1. The van der Waals surface area contributed by atoms with Crippen LogP contribution in [0.25, 0.3) is 0 Å². The predicted octanol–water partition coefficient (Wildman–Crippen LogP) is 2.77. The van der Waals surface area contributed by atoms with Crippen molar-refractivity contribution in [3.05, 3.63) is 35.9 Å². The molecule has 0 amide bonds. The summed E-state index contributed by atoms with van der Waals surface area (Å²) in [4.78, 5) is 2.63. The van der Waals surface area contributed by atoms with Crippen LogP contribution in [0.3, 0.4) is 0 Å². The molecule has 0 spiro atoms. The van der Waals surface area contributed by atoms with Crippen molar-refractivity contribution in [2.75, 3.05) is 6.54 Å². The topological polar surface area (TPSA) is 23.5 Å². The summed E-state index contributed by atoms with van der Waals surface area (Å²) in [5.41, 5.74) is 1.10. The summed E-state index contributed by atoms with van der Waals surface area (Å²) in [7, 11) is 0. The Morgan fingerprint density at radius 1 is 0.957 bits per heavy atom. The quantitative estimate of drug-likeness (QED) is 0.846. The van der Waals surface area contributed by atoms with E-state index in [0.717, 1.165) is 48.1 Å². The Balaban J connectivity index is 1.10. The summed E-state index contributed by atoms with van der Waals surface area (Å²) < 4.78 is 0. The second-order valence-electron chi connectivity index (χ2n) is 9.33. The van der Waals surface area contributed by atoms with Crippen molar-refractivity contribution in [2.45, 2.75) is 37.5 Å². The van der Waals surface area contributed by atoms with Gasteiger partial charge in [-0.2, -0.15) is 0 Å². The molecule has 7 aliphatic rings. The molecule has 2 aliphatic heterocycles. The highest BCUT2D eigenvalue weighted by atomic mass is 16.3. The first-order valence-electron chi connectivity index (χ1n) is 9.85. The van der Waals surface area contributed by atoms with Gasteiger partial charge < -0.3 is 5.11 Å². The van der Waals surface area contributed by atoms with E-state index in [2.05, 4.69) is 35.2 Å². The molecule has 0 unspecified atom stereocenters. The van der Waals surface area contributed by atoms with Crippen molar-refractivity contribution in [1.29, 1.82) is 0 Å². The van der Waals surface area contributed by atoms with E-state index in [1.807, 2.05) is 0 Å². The van der Waals surface area contributed by atoms with Crippen LogP contribution in [-0.2, 0) is 6.42 Å². The largest absolute Gasteiger partial charge is 0.375 e. The fourth-order valence-electron chi connectivity index (χ4n) is 9.12. The molecule has 1 aromatic carbocycles. The minimum Gasteiger partial charge on any atom is -0.375 e. The molecule has 120 valence electrons. The molecular formula is C21H25NO. The summed E-state index contributed by atoms with van der Waals surface area (Å²) in [5.74, 6) is 7.07. The van der Waals surface area contributed by atoms with E-state index in [1.54, 1.807) is 0 Å². The van der Waals surface area contributed by atoms with Crippen LogP contribution >= 0.6 is 0 Å². The molecule has 2 saturated heterocycles. The van der Waals surface area contributed by atoms with E-state index in [-0.39, 0.29) is 5.72 Å². The lowest BCUT2D eigenvalue weighted by Gasteiger charge is -2.45. The Morgan fingerprint density at radius 2 is 1.83 bits per heavy atom. The molecule has 0 radical (unpaired) electrons. The number of aliphatic hydroxyl groups is 1. The second-order valence-corrected chi connectivity index (χ2v) is 9.33. The number of unbranched alkanes of at least 4 members (excludes halogenated alkanes) is 1. The van der Waals surface area contributed by atoms with E-state index < -0.39 is 0 Å². The third-order valence-corrected chi connectivity index (χ3v) is 9.17. The molecule has 7 fully saturated rings. The first-order chi connectivity index (χ1) is 11.3. The molecule has 5 aliphatic carbocycles. The molecule has 23 heavy (non-hydrogen) atoms. The van der Waals surface area contributed by atoms with Gasteiger partial charge in [0, 0.05) is 24.4 Å². The highest BCUT2D eigenvalue weighted by molar-refractivity contribution is 5.40. The third kappa shape index (κ3) is 1.09. The van der Waals surface area contributed by atoms with Gasteiger partial charge >= 0.3 is 0 Å². The average Bonchev–Trinajstić information content (AvgIpc) is 3.18. The highest BCUT2D eigenvalue weighted by Gasteiger charge is 2.93. The number of aryl methyl sites for hydroxylation is 1. The van der Waals surface area contributed by atoms with Gasteiger partial charge in [-0.1, -0.05) is 30.3 Å². The SMILES string of the molecule is O[C@@]12[C@@H]3[C@@H]4[C@H]5C[C@H]6[C@@H]4[C@@H]3[C@H]([C@H]6[C@H]51)N2CCCCc1ccccc1. The fourth-order valence-corrected chi connectivity index (χ4v) is 9.12. The van der Waals surface area contributed by atoms with Crippen LogP contribution in [0.5, 0.6) is 0 Å². The Bertz CT molecular complexity index is 688. The first-order valence-corrected chi connectivity index (χ1v) is 9.85. The first kappa shape index (κ1) is 12.5. The predicted molar refractivity (Wildman–Crippen MR) is 87.4 cm³/mol. The van der Waals surface area contributed by atoms with Gasteiger partial charge in [0.15, 0.2) is 0 Å². The molecule has 10 atom stereocenters. The van der Waals surface area contributed by atoms with Crippen LogP contribution in [0.2, 0.25) is 0 Å². The van der Waals surface area contributed by atoms with Gasteiger partial charge in [0.1, 0.15) is 5.72 Å². The van der Waals surface area contributed by atoms with Crippen LogP contribution < -0.4 is 0 Å². The monoisotopic (exact) mass is 307 g/mol. The maximum atomic E-state index is 11.6. The van der Waals surface area contributed by atoms with Crippen molar-refractivity contribution < 1.29 is 5.11 Å².